The number of rotatable bonds is 3. The van der Waals surface area contributed by atoms with E-state index in [0.717, 1.165) is 5.56 Å². The highest BCUT2D eigenvalue weighted by Gasteiger charge is 1.82. The molecule has 1 aromatic heterocycles. The highest BCUT2D eigenvalue weighted by molar-refractivity contribution is 5.56. The van der Waals surface area contributed by atoms with Gasteiger partial charge in [-0.25, -0.2) is 0 Å². The summed E-state index contributed by atoms with van der Waals surface area (Å²) in [5, 5.41) is 0. The molecule has 0 fully saturated rings. The molecule has 0 saturated heterocycles. The lowest BCUT2D eigenvalue weighted by atomic mass is 10.2. The van der Waals surface area contributed by atoms with Crippen molar-refractivity contribution in [1.29, 1.82) is 0 Å². The Morgan fingerprint density at radius 1 is 0.750 bits per heavy atom. The summed E-state index contributed by atoms with van der Waals surface area (Å²) < 4.78 is 0. The van der Waals surface area contributed by atoms with Crippen molar-refractivity contribution in [3.8, 4) is 0 Å². The SMILES string of the molecule is C(C=Cc1cccnc1)=Cc1ccccc1. The van der Waals surface area contributed by atoms with Crippen LogP contribution in [-0.2, 0) is 0 Å². The lowest BCUT2D eigenvalue weighted by molar-refractivity contribution is 1.32. The maximum Gasteiger partial charge on any atom is 0.0340 e. The molecule has 0 spiro atoms. The second-order valence-electron chi connectivity index (χ2n) is 3.42. The topological polar surface area (TPSA) is 12.9 Å². The molecule has 1 aromatic carbocycles. The standard InChI is InChI=1S/C15H13N/c1-2-7-14(8-3-1)9-4-5-10-15-11-6-12-16-13-15/h1-13H. The number of allylic oxidation sites excluding steroid dienone is 2. The van der Waals surface area contributed by atoms with Crippen molar-refractivity contribution in [3.05, 3.63) is 78.1 Å². The van der Waals surface area contributed by atoms with Gasteiger partial charge in [0.2, 0.25) is 0 Å². The molecule has 0 radical (unpaired) electrons. The lowest BCUT2D eigenvalue weighted by Crippen LogP contribution is -1.72. The first-order valence-corrected chi connectivity index (χ1v) is 5.25. The molecule has 0 aliphatic carbocycles. The first-order valence-electron chi connectivity index (χ1n) is 5.25. The Morgan fingerprint density at radius 3 is 2.12 bits per heavy atom. The van der Waals surface area contributed by atoms with Gasteiger partial charge in [-0.05, 0) is 17.2 Å². The van der Waals surface area contributed by atoms with Crippen molar-refractivity contribution in [2.24, 2.45) is 0 Å². The van der Waals surface area contributed by atoms with Crippen molar-refractivity contribution < 1.29 is 0 Å². The first-order chi connectivity index (χ1) is 7.95. The normalized spacial score (nSPS) is 11.2. The third-order valence-electron chi connectivity index (χ3n) is 2.17. The van der Waals surface area contributed by atoms with Crippen LogP contribution in [0.3, 0.4) is 0 Å². The molecule has 0 aliphatic rings. The summed E-state index contributed by atoms with van der Waals surface area (Å²) in [5.74, 6) is 0. The number of hydrogen-bond donors (Lipinski definition) is 0. The minimum absolute atomic E-state index is 1.11. The van der Waals surface area contributed by atoms with E-state index in [1.54, 1.807) is 6.20 Å². The smallest absolute Gasteiger partial charge is 0.0340 e. The van der Waals surface area contributed by atoms with Gasteiger partial charge in [-0.2, -0.15) is 0 Å². The predicted molar refractivity (Wildman–Crippen MR) is 68.7 cm³/mol. The quantitative estimate of drug-likeness (QED) is 0.697. The van der Waals surface area contributed by atoms with Crippen LogP contribution in [0.15, 0.2) is 67.0 Å². The molecule has 0 amide bonds. The summed E-state index contributed by atoms with van der Waals surface area (Å²) in [6.07, 6.45) is 11.8. The van der Waals surface area contributed by atoms with Gasteiger partial charge in [-0.15, -0.1) is 0 Å². The summed E-state index contributed by atoms with van der Waals surface area (Å²) >= 11 is 0. The molecule has 2 rings (SSSR count). The van der Waals surface area contributed by atoms with Crippen LogP contribution in [0.2, 0.25) is 0 Å². The van der Waals surface area contributed by atoms with Crippen molar-refractivity contribution in [1.82, 2.24) is 4.98 Å². The number of aromatic nitrogens is 1. The van der Waals surface area contributed by atoms with E-state index in [2.05, 4.69) is 23.2 Å². The van der Waals surface area contributed by atoms with Crippen LogP contribution in [0.5, 0.6) is 0 Å². The maximum atomic E-state index is 4.05. The van der Waals surface area contributed by atoms with Crippen LogP contribution in [-0.4, -0.2) is 4.98 Å². The zero-order valence-electron chi connectivity index (χ0n) is 8.95. The van der Waals surface area contributed by atoms with Crippen LogP contribution < -0.4 is 0 Å². The van der Waals surface area contributed by atoms with E-state index < -0.39 is 0 Å². The van der Waals surface area contributed by atoms with E-state index in [0.29, 0.717) is 0 Å². The third-order valence-corrected chi connectivity index (χ3v) is 2.17. The van der Waals surface area contributed by atoms with Gasteiger partial charge in [-0.3, -0.25) is 4.98 Å². The molecule has 2 aromatic rings. The fraction of sp³-hybridized carbons (Fsp3) is 0. The minimum Gasteiger partial charge on any atom is -0.264 e. The Morgan fingerprint density at radius 2 is 1.44 bits per heavy atom. The van der Waals surface area contributed by atoms with Gasteiger partial charge in [0.15, 0.2) is 0 Å². The highest BCUT2D eigenvalue weighted by Crippen LogP contribution is 2.02. The molecule has 0 unspecified atom stereocenters. The summed E-state index contributed by atoms with van der Waals surface area (Å²) in [6, 6.07) is 14.2. The third kappa shape index (κ3) is 3.21. The average molecular weight is 207 g/mol. The Balaban J connectivity index is 1.98. The zero-order valence-corrected chi connectivity index (χ0v) is 8.95. The fourth-order valence-electron chi connectivity index (χ4n) is 1.37. The van der Waals surface area contributed by atoms with E-state index in [1.165, 1.54) is 5.56 Å². The van der Waals surface area contributed by atoms with E-state index >= 15 is 0 Å². The van der Waals surface area contributed by atoms with Gasteiger partial charge in [0.1, 0.15) is 0 Å². The molecule has 0 bridgehead atoms. The predicted octanol–water partition coefficient (Wildman–Crippen LogP) is 3.81. The largest absolute Gasteiger partial charge is 0.264 e. The Kier molecular flexibility index (Phi) is 3.67. The molecule has 0 aliphatic heterocycles. The molecule has 1 heteroatoms. The lowest BCUT2D eigenvalue weighted by Gasteiger charge is -1.89. The van der Waals surface area contributed by atoms with Gasteiger partial charge in [0.25, 0.3) is 0 Å². The fourth-order valence-corrected chi connectivity index (χ4v) is 1.37. The summed E-state index contributed by atoms with van der Waals surface area (Å²) in [5.41, 5.74) is 2.32. The second-order valence-corrected chi connectivity index (χ2v) is 3.42. The molecular formula is C15H13N. The number of pyridine rings is 1. The zero-order chi connectivity index (χ0) is 11.1. The van der Waals surface area contributed by atoms with Gasteiger partial charge >= 0.3 is 0 Å². The van der Waals surface area contributed by atoms with Gasteiger partial charge in [-0.1, -0.05) is 60.7 Å². The van der Waals surface area contributed by atoms with Crippen LogP contribution in [0.25, 0.3) is 12.2 Å². The van der Waals surface area contributed by atoms with Crippen molar-refractivity contribution >= 4 is 12.2 Å². The Labute approximate surface area is 95.8 Å². The van der Waals surface area contributed by atoms with Gasteiger partial charge in [0, 0.05) is 12.4 Å². The Bertz CT molecular complexity index is 422. The molecule has 78 valence electrons. The van der Waals surface area contributed by atoms with E-state index in [1.807, 2.05) is 54.8 Å². The molecule has 1 nitrogen and oxygen atoms in total. The summed E-state index contributed by atoms with van der Waals surface area (Å²) in [6.45, 7) is 0. The number of benzene rings is 1. The van der Waals surface area contributed by atoms with Crippen LogP contribution in [0.4, 0.5) is 0 Å². The monoisotopic (exact) mass is 207 g/mol. The highest BCUT2D eigenvalue weighted by atomic mass is 14.6. The molecule has 0 atom stereocenters. The van der Waals surface area contributed by atoms with Crippen LogP contribution in [0.1, 0.15) is 11.1 Å². The average Bonchev–Trinajstić information content (AvgIpc) is 2.37. The minimum atomic E-state index is 1.11. The van der Waals surface area contributed by atoms with Crippen molar-refractivity contribution in [2.45, 2.75) is 0 Å². The molecule has 0 saturated carbocycles. The van der Waals surface area contributed by atoms with Crippen molar-refractivity contribution in [3.63, 3.8) is 0 Å². The molecular weight excluding hydrogens is 194 g/mol. The van der Waals surface area contributed by atoms with Gasteiger partial charge < -0.3 is 0 Å². The van der Waals surface area contributed by atoms with Gasteiger partial charge in [0.05, 0.1) is 0 Å². The Hall–Kier alpha value is -2.15. The molecule has 16 heavy (non-hydrogen) atoms. The number of nitrogens with zero attached hydrogens (tertiary/aromatic N) is 1. The van der Waals surface area contributed by atoms with E-state index in [4.69, 9.17) is 0 Å². The van der Waals surface area contributed by atoms with Crippen LogP contribution in [0, 0.1) is 0 Å². The number of hydrogen-bond acceptors (Lipinski definition) is 1. The maximum absolute atomic E-state index is 4.05. The van der Waals surface area contributed by atoms with E-state index in [-0.39, 0.29) is 0 Å². The summed E-state index contributed by atoms with van der Waals surface area (Å²) in [7, 11) is 0. The van der Waals surface area contributed by atoms with Crippen LogP contribution >= 0.6 is 0 Å². The first kappa shape index (κ1) is 10.4. The van der Waals surface area contributed by atoms with Crippen molar-refractivity contribution in [2.75, 3.05) is 0 Å². The molecule has 1 heterocycles. The molecule has 0 N–H and O–H groups in total. The summed E-state index contributed by atoms with van der Waals surface area (Å²) in [4.78, 5) is 4.05. The van der Waals surface area contributed by atoms with E-state index in [9.17, 15) is 0 Å². The second kappa shape index (κ2) is 5.66.